The van der Waals surface area contributed by atoms with Crippen molar-refractivity contribution in [3.05, 3.63) is 71.7 Å². The van der Waals surface area contributed by atoms with Crippen LogP contribution in [0.15, 0.2) is 54.6 Å². The van der Waals surface area contributed by atoms with Crippen LogP contribution in [0.25, 0.3) is 16.9 Å². The molecular formula is C18H17FN4O2S. The van der Waals surface area contributed by atoms with E-state index in [1.54, 1.807) is 22.9 Å². The van der Waals surface area contributed by atoms with Gasteiger partial charge in [-0.15, -0.1) is 0 Å². The zero-order valence-electron chi connectivity index (χ0n) is 14.2. The van der Waals surface area contributed by atoms with Gasteiger partial charge < -0.3 is 0 Å². The summed E-state index contributed by atoms with van der Waals surface area (Å²) >= 11 is 0. The molecule has 0 fully saturated rings. The number of benzene rings is 2. The molecular weight excluding hydrogens is 355 g/mol. The fourth-order valence-corrected chi connectivity index (χ4v) is 2.14. The lowest BCUT2D eigenvalue weighted by Crippen LogP contribution is -2.07. The lowest BCUT2D eigenvalue weighted by Gasteiger charge is -2.07. The van der Waals surface area contributed by atoms with Crippen molar-refractivity contribution in [2.75, 3.05) is 6.26 Å². The van der Waals surface area contributed by atoms with Gasteiger partial charge in [0.25, 0.3) is 0 Å². The smallest absolute Gasteiger partial charge is 0.206 e. The van der Waals surface area contributed by atoms with Crippen molar-refractivity contribution in [3.8, 4) is 23.0 Å². The van der Waals surface area contributed by atoms with Gasteiger partial charge in [-0.25, -0.2) is 22.6 Å². The van der Waals surface area contributed by atoms with Crippen molar-refractivity contribution < 1.29 is 12.8 Å². The molecule has 8 heteroatoms. The van der Waals surface area contributed by atoms with E-state index < -0.39 is 10.0 Å². The standard InChI is InChI=1S/C17H12FN3.CH5NO2S/c1-12-2-8-16(9-3-12)21-17(10-15(11-19)20-21)13-4-6-14(18)7-5-13;1-5(2,3)4/h2-10H,1H3;1H3,(H2,2,3,4). The Morgan fingerprint density at radius 3 is 2.15 bits per heavy atom. The molecule has 3 rings (SSSR count). The van der Waals surface area contributed by atoms with Gasteiger partial charge in [0.1, 0.15) is 11.9 Å². The number of sulfonamides is 1. The van der Waals surface area contributed by atoms with Crippen molar-refractivity contribution in [1.29, 1.82) is 5.26 Å². The second kappa shape index (κ2) is 7.91. The van der Waals surface area contributed by atoms with Crippen LogP contribution in [-0.4, -0.2) is 24.5 Å². The number of halogens is 1. The number of aryl methyl sites for hydroxylation is 1. The van der Waals surface area contributed by atoms with Crippen molar-refractivity contribution in [2.24, 2.45) is 5.14 Å². The number of nitriles is 1. The molecule has 26 heavy (non-hydrogen) atoms. The summed E-state index contributed by atoms with van der Waals surface area (Å²) in [6.45, 7) is 2.01. The molecule has 0 aliphatic carbocycles. The third-order valence-electron chi connectivity index (χ3n) is 3.24. The van der Waals surface area contributed by atoms with Crippen LogP contribution in [0.2, 0.25) is 0 Å². The molecule has 0 atom stereocenters. The van der Waals surface area contributed by atoms with E-state index in [0.717, 1.165) is 28.8 Å². The van der Waals surface area contributed by atoms with Gasteiger partial charge in [-0.05, 0) is 43.3 Å². The number of nitrogens with two attached hydrogens (primary N) is 1. The minimum atomic E-state index is -3.17. The van der Waals surface area contributed by atoms with Gasteiger partial charge in [0.2, 0.25) is 10.0 Å². The average molecular weight is 372 g/mol. The Labute approximate surface area is 151 Å². The van der Waals surface area contributed by atoms with Gasteiger partial charge in [-0.3, -0.25) is 0 Å². The molecule has 0 bridgehead atoms. The highest BCUT2D eigenvalue weighted by Crippen LogP contribution is 2.24. The van der Waals surface area contributed by atoms with Gasteiger partial charge >= 0.3 is 0 Å². The van der Waals surface area contributed by atoms with Gasteiger partial charge in [0.15, 0.2) is 5.69 Å². The van der Waals surface area contributed by atoms with Gasteiger partial charge in [-0.2, -0.15) is 10.4 Å². The molecule has 0 spiro atoms. The van der Waals surface area contributed by atoms with Crippen LogP contribution in [-0.2, 0) is 10.0 Å². The first-order valence-electron chi connectivity index (χ1n) is 7.48. The SMILES string of the molecule is CS(N)(=O)=O.Cc1ccc(-n2nc(C#N)cc2-c2ccc(F)cc2)cc1. The van der Waals surface area contributed by atoms with Crippen LogP contribution in [0.4, 0.5) is 4.39 Å². The third kappa shape index (κ3) is 5.51. The van der Waals surface area contributed by atoms with Crippen LogP contribution in [0, 0.1) is 24.1 Å². The molecule has 1 aromatic heterocycles. The van der Waals surface area contributed by atoms with Gasteiger partial charge in [-0.1, -0.05) is 17.7 Å². The summed E-state index contributed by atoms with van der Waals surface area (Å²) in [5.74, 6) is -0.291. The highest BCUT2D eigenvalue weighted by Gasteiger charge is 2.11. The van der Waals surface area contributed by atoms with E-state index in [9.17, 15) is 12.8 Å². The molecule has 0 unspecified atom stereocenters. The minimum absolute atomic E-state index is 0.291. The fourth-order valence-electron chi connectivity index (χ4n) is 2.14. The van der Waals surface area contributed by atoms with E-state index in [2.05, 4.69) is 10.2 Å². The quantitative estimate of drug-likeness (QED) is 0.747. The third-order valence-corrected chi connectivity index (χ3v) is 3.24. The molecule has 0 saturated heterocycles. The average Bonchev–Trinajstić information content (AvgIpc) is 2.99. The molecule has 1 heterocycles. The molecule has 2 aromatic carbocycles. The first kappa shape index (κ1) is 19.3. The molecule has 0 aliphatic rings. The topological polar surface area (TPSA) is 102 Å². The van der Waals surface area contributed by atoms with E-state index in [1.807, 2.05) is 37.3 Å². The van der Waals surface area contributed by atoms with Gasteiger partial charge in [0, 0.05) is 11.6 Å². The summed E-state index contributed by atoms with van der Waals surface area (Å²) in [6.07, 6.45) is 0.938. The molecule has 0 radical (unpaired) electrons. The Bertz CT molecular complexity index is 963. The zero-order chi connectivity index (χ0) is 19.3. The number of primary sulfonamides is 1. The van der Waals surface area contributed by atoms with Crippen LogP contribution >= 0.6 is 0 Å². The van der Waals surface area contributed by atoms with E-state index in [0.29, 0.717) is 5.69 Å². The predicted molar refractivity (Wildman–Crippen MR) is 97.4 cm³/mol. The molecule has 0 aliphatic heterocycles. The van der Waals surface area contributed by atoms with Crippen molar-refractivity contribution in [3.63, 3.8) is 0 Å². The molecule has 134 valence electrons. The van der Waals surface area contributed by atoms with E-state index in [4.69, 9.17) is 5.26 Å². The number of aromatic nitrogens is 2. The van der Waals surface area contributed by atoms with E-state index in [1.165, 1.54) is 12.1 Å². The number of nitrogens with zero attached hydrogens (tertiary/aromatic N) is 3. The normalized spacial score (nSPS) is 10.6. The number of hydrogen-bond donors (Lipinski definition) is 1. The van der Waals surface area contributed by atoms with Crippen LogP contribution in [0.3, 0.4) is 0 Å². The number of hydrogen-bond acceptors (Lipinski definition) is 4. The summed E-state index contributed by atoms with van der Waals surface area (Å²) in [5, 5.41) is 17.7. The summed E-state index contributed by atoms with van der Waals surface area (Å²) in [5.41, 5.74) is 3.91. The maximum atomic E-state index is 13.1. The van der Waals surface area contributed by atoms with Crippen LogP contribution in [0.1, 0.15) is 11.3 Å². The first-order valence-corrected chi connectivity index (χ1v) is 9.44. The summed E-state index contributed by atoms with van der Waals surface area (Å²) < 4.78 is 33.6. The van der Waals surface area contributed by atoms with Gasteiger partial charge in [0.05, 0.1) is 17.6 Å². The Hall–Kier alpha value is -3.02. The minimum Gasteiger partial charge on any atom is -0.232 e. The monoisotopic (exact) mass is 372 g/mol. The lowest BCUT2D eigenvalue weighted by atomic mass is 10.1. The van der Waals surface area contributed by atoms with Crippen molar-refractivity contribution in [2.45, 2.75) is 6.92 Å². The van der Waals surface area contributed by atoms with Crippen LogP contribution in [0.5, 0.6) is 0 Å². The lowest BCUT2D eigenvalue weighted by molar-refractivity contribution is 0.603. The van der Waals surface area contributed by atoms with Crippen LogP contribution < -0.4 is 5.14 Å². The Balaban J connectivity index is 0.000000431. The maximum absolute atomic E-state index is 13.1. The zero-order valence-corrected chi connectivity index (χ0v) is 15.0. The second-order valence-corrected chi connectivity index (χ2v) is 7.27. The fraction of sp³-hybridized carbons (Fsp3) is 0.111. The summed E-state index contributed by atoms with van der Waals surface area (Å²) in [6, 6.07) is 17.7. The van der Waals surface area contributed by atoms with Crippen molar-refractivity contribution >= 4 is 10.0 Å². The molecule has 0 amide bonds. The van der Waals surface area contributed by atoms with Crippen molar-refractivity contribution in [1.82, 2.24) is 9.78 Å². The second-order valence-electron chi connectivity index (χ2n) is 5.61. The Morgan fingerprint density at radius 2 is 1.65 bits per heavy atom. The predicted octanol–water partition coefficient (Wildman–Crippen LogP) is 2.76. The highest BCUT2D eigenvalue weighted by molar-refractivity contribution is 7.88. The molecule has 6 nitrogen and oxygen atoms in total. The molecule has 0 saturated carbocycles. The number of rotatable bonds is 2. The summed E-state index contributed by atoms with van der Waals surface area (Å²) in [7, 11) is -3.17. The Kier molecular flexibility index (Phi) is 5.87. The van der Waals surface area contributed by atoms with E-state index >= 15 is 0 Å². The maximum Gasteiger partial charge on any atom is 0.206 e. The highest BCUT2D eigenvalue weighted by atomic mass is 32.2. The summed E-state index contributed by atoms with van der Waals surface area (Å²) in [4.78, 5) is 0. The first-order chi connectivity index (χ1) is 12.2. The van der Waals surface area contributed by atoms with E-state index in [-0.39, 0.29) is 5.82 Å². The molecule has 3 aromatic rings. The largest absolute Gasteiger partial charge is 0.232 e. The Morgan fingerprint density at radius 1 is 1.12 bits per heavy atom. The molecule has 2 N–H and O–H groups in total.